The number of benzene rings is 1. The normalized spacial score (nSPS) is 19.0. The van der Waals surface area contributed by atoms with Crippen molar-refractivity contribution in [2.45, 2.75) is 49.9 Å². The average molecular weight is 302 g/mol. The van der Waals surface area contributed by atoms with Crippen molar-refractivity contribution in [2.75, 3.05) is 0 Å². The molecule has 1 aromatic carbocycles. The zero-order valence-corrected chi connectivity index (χ0v) is 13.1. The number of hydrogen-bond donors (Lipinski definition) is 0. The third kappa shape index (κ3) is 3.00. The summed E-state index contributed by atoms with van der Waals surface area (Å²) in [6.45, 7) is 4.08. The van der Waals surface area contributed by atoms with Gasteiger partial charge in [-0.2, -0.15) is 4.68 Å². The van der Waals surface area contributed by atoms with Crippen LogP contribution in [0.1, 0.15) is 36.8 Å². The van der Waals surface area contributed by atoms with Crippen LogP contribution in [-0.4, -0.2) is 31.2 Å². The summed E-state index contributed by atoms with van der Waals surface area (Å²) in [5.41, 5.74) is 3.26. The molecule has 1 fully saturated rings. The fraction of sp³-hybridized carbons (Fsp3) is 0.467. The van der Waals surface area contributed by atoms with Gasteiger partial charge in [-0.25, -0.2) is 0 Å². The van der Waals surface area contributed by atoms with Gasteiger partial charge in [0.25, 0.3) is 0 Å². The van der Waals surface area contributed by atoms with Crippen molar-refractivity contribution in [1.82, 2.24) is 20.2 Å². The average Bonchev–Trinajstić information content (AvgIpc) is 2.92. The molecule has 0 amide bonds. The van der Waals surface area contributed by atoms with Gasteiger partial charge in [0.05, 0.1) is 10.9 Å². The summed E-state index contributed by atoms with van der Waals surface area (Å²) in [6.07, 6.45) is 3.72. The molecule has 2 aromatic rings. The first-order valence-corrected chi connectivity index (χ1v) is 8.08. The molecule has 0 unspecified atom stereocenters. The molecule has 1 heterocycles. The Balaban J connectivity index is 1.90. The number of aromatic nitrogens is 4. The summed E-state index contributed by atoms with van der Waals surface area (Å²) in [7, 11) is 0. The van der Waals surface area contributed by atoms with E-state index in [1.54, 1.807) is 4.68 Å². The second-order valence-electron chi connectivity index (χ2n) is 5.48. The second-order valence-corrected chi connectivity index (χ2v) is 6.65. The fourth-order valence-electron chi connectivity index (χ4n) is 2.55. The second kappa shape index (κ2) is 5.97. The van der Waals surface area contributed by atoms with Gasteiger partial charge in [0.2, 0.25) is 5.16 Å². The maximum atomic E-state index is 12.0. The molecule has 3 rings (SSSR count). The van der Waals surface area contributed by atoms with Crippen LogP contribution >= 0.6 is 11.8 Å². The van der Waals surface area contributed by atoms with E-state index in [2.05, 4.69) is 33.7 Å². The van der Waals surface area contributed by atoms with E-state index < -0.39 is 0 Å². The minimum atomic E-state index is -0.00591. The third-order valence-electron chi connectivity index (χ3n) is 3.78. The minimum absolute atomic E-state index is 0.00591. The van der Waals surface area contributed by atoms with E-state index in [1.165, 1.54) is 11.8 Å². The largest absolute Gasteiger partial charge is 0.298 e. The van der Waals surface area contributed by atoms with E-state index in [1.807, 2.05) is 13.8 Å². The predicted molar refractivity (Wildman–Crippen MR) is 81.7 cm³/mol. The van der Waals surface area contributed by atoms with E-state index in [0.717, 1.165) is 36.1 Å². The van der Waals surface area contributed by atoms with Crippen LogP contribution in [0.15, 0.2) is 23.4 Å². The molecule has 6 heteroatoms. The molecule has 0 radical (unpaired) electrons. The first kappa shape index (κ1) is 14.3. The van der Waals surface area contributed by atoms with Crippen molar-refractivity contribution < 1.29 is 4.79 Å². The number of aryl methyl sites for hydroxylation is 2. The Morgan fingerprint density at radius 1 is 1.29 bits per heavy atom. The Bertz CT molecular complexity index is 667. The lowest BCUT2D eigenvalue weighted by atomic mass is 9.99. The number of carbonyl (C=O) groups is 1. The molecule has 1 aliphatic carbocycles. The highest BCUT2D eigenvalue weighted by atomic mass is 32.2. The van der Waals surface area contributed by atoms with Crippen LogP contribution in [0.5, 0.6) is 0 Å². The van der Waals surface area contributed by atoms with Crippen LogP contribution in [0.2, 0.25) is 0 Å². The molecular weight excluding hydrogens is 284 g/mol. The lowest BCUT2D eigenvalue weighted by molar-refractivity contribution is -0.119. The van der Waals surface area contributed by atoms with E-state index >= 15 is 0 Å². The van der Waals surface area contributed by atoms with Gasteiger partial charge in [0.1, 0.15) is 5.78 Å². The molecule has 1 atom stereocenters. The minimum Gasteiger partial charge on any atom is -0.298 e. The van der Waals surface area contributed by atoms with Gasteiger partial charge in [0.15, 0.2) is 0 Å². The summed E-state index contributed by atoms with van der Waals surface area (Å²) in [6, 6.07) is 6.20. The predicted octanol–water partition coefficient (Wildman–Crippen LogP) is 2.88. The number of carbonyl (C=O) groups excluding carboxylic acids is 1. The molecule has 1 aromatic heterocycles. The van der Waals surface area contributed by atoms with Crippen molar-refractivity contribution in [3.05, 3.63) is 29.3 Å². The monoisotopic (exact) mass is 302 g/mol. The highest BCUT2D eigenvalue weighted by Gasteiger charge is 2.26. The van der Waals surface area contributed by atoms with Crippen molar-refractivity contribution in [2.24, 2.45) is 0 Å². The smallest absolute Gasteiger partial charge is 0.214 e. The van der Waals surface area contributed by atoms with Gasteiger partial charge in [0, 0.05) is 6.42 Å². The first-order chi connectivity index (χ1) is 10.1. The Hall–Kier alpha value is -1.69. The van der Waals surface area contributed by atoms with Gasteiger partial charge in [-0.1, -0.05) is 30.3 Å². The summed E-state index contributed by atoms with van der Waals surface area (Å²) in [4.78, 5) is 12.0. The van der Waals surface area contributed by atoms with Crippen molar-refractivity contribution in [1.29, 1.82) is 0 Å². The molecule has 0 aliphatic heterocycles. The van der Waals surface area contributed by atoms with Crippen LogP contribution in [0.4, 0.5) is 0 Å². The molecule has 5 nitrogen and oxygen atoms in total. The van der Waals surface area contributed by atoms with Crippen molar-refractivity contribution in [3.63, 3.8) is 0 Å². The van der Waals surface area contributed by atoms with E-state index in [0.29, 0.717) is 17.4 Å². The fourth-order valence-corrected chi connectivity index (χ4v) is 3.66. The lowest BCUT2D eigenvalue weighted by Gasteiger charge is -2.19. The van der Waals surface area contributed by atoms with Crippen molar-refractivity contribution in [3.8, 4) is 5.69 Å². The maximum absolute atomic E-state index is 12.0. The number of rotatable bonds is 3. The number of thioether (sulfide) groups is 1. The van der Waals surface area contributed by atoms with E-state index in [-0.39, 0.29) is 5.25 Å². The molecule has 110 valence electrons. The highest BCUT2D eigenvalue weighted by molar-refractivity contribution is 8.00. The van der Waals surface area contributed by atoms with Gasteiger partial charge in [-0.3, -0.25) is 4.79 Å². The maximum Gasteiger partial charge on any atom is 0.214 e. The van der Waals surface area contributed by atoms with Crippen LogP contribution < -0.4 is 0 Å². The van der Waals surface area contributed by atoms with Crippen LogP contribution in [0.25, 0.3) is 5.69 Å². The number of ketones is 1. The SMILES string of the molecule is Cc1ccc(C)c(-n2nnnc2S[C@@H]2CCCCC2=O)c1. The Morgan fingerprint density at radius 3 is 2.95 bits per heavy atom. The number of Topliss-reactive ketones (excluding diaryl/α,β-unsaturated/α-hetero) is 1. The van der Waals surface area contributed by atoms with Gasteiger partial charge in [-0.15, -0.1) is 5.10 Å². The topological polar surface area (TPSA) is 60.7 Å². The standard InChI is InChI=1S/C15H18N4OS/c1-10-7-8-11(2)12(9-10)19-15(16-17-18-19)21-14-6-4-3-5-13(14)20/h7-9,14H,3-6H2,1-2H3/t14-/m1/s1. The zero-order chi connectivity index (χ0) is 14.8. The van der Waals surface area contributed by atoms with Gasteiger partial charge < -0.3 is 0 Å². The van der Waals surface area contributed by atoms with Crippen LogP contribution in [0.3, 0.4) is 0 Å². The molecule has 1 aliphatic rings. The number of hydrogen-bond acceptors (Lipinski definition) is 5. The zero-order valence-electron chi connectivity index (χ0n) is 12.2. The summed E-state index contributed by atoms with van der Waals surface area (Å²) in [5.74, 6) is 0.321. The molecule has 1 saturated carbocycles. The molecule has 21 heavy (non-hydrogen) atoms. The summed E-state index contributed by atoms with van der Waals surface area (Å²) >= 11 is 1.49. The van der Waals surface area contributed by atoms with Crippen LogP contribution in [0, 0.1) is 13.8 Å². The summed E-state index contributed by atoms with van der Waals surface area (Å²) in [5, 5.41) is 12.7. The number of tetrazole rings is 1. The van der Waals surface area contributed by atoms with Crippen LogP contribution in [-0.2, 0) is 4.79 Å². The van der Waals surface area contributed by atoms with E-state index in [4.69, 9.17) is 0 Å². The number of nitrogens with zero attached hydrogens (tertiary/aromatic N) is 4. The molecule has 0 N–H and O–H groups in total. The molecule has 0 saturated heterocycles. The molecular formula is C15H18N4OS. The Kier molecular flexibility index (Phi) is 4.05. The lowest BCUT2D eigenvalue weighted by Crippen LogP contribution is -2.22. The quantitative estimate of drug-likeness (QED) is 0.872. The van der Waals surface area contributed by atoms with Gasteiger partial charge >= 0.3 is 0 Å². The van der Waals surface area contributed by atoms with E-state index in [9.17, 15) is 4.79 Å². The first-order valence-electron chi connectivity index (χ1n) is 7.20. The Labute approximate surface area is 128 Å². The highest BCUT2D eigenvalue weighted by Crippen LogP contribution is 2.31. The molecule has 0 bridgehead atoms. The molecule has 0 spiro atoms. The summed E-state index contributed by atoms with van der Waals surface area (Å²) < 4.78 is 1.74. The van der Waals surface area contributed by atoms with Gasteiger partial charge in [-0.05, 0) is 54.3 Å². The third-order valence-corrected chi connectivity index (χ3v) is 5.03. The van der Waals surface area contributed by atoms with Crippen molar-refractivity contribution >= 4 is 17.5 Å². The Morgan fingerprint density at radius 2 is 2.14 bits per heavy atom.